The number of hydrogen-bond acceptors (Lipinski definition) is 3. The van der Waals surface area contributed by atoms with Gasteiger partial charge in [0.1, 0.15) is 0 Å². The normalized spacial score (nSPS) is 20.6. The van der Waals surface area contributed by atoms with Crippen molar-refractivity contribution in [2.24, 2.45) is 5.92 Å². The van der Waals surface area contributed by atoms with Crippen LogP contribution in [0, 0.1) is 5.92 Å². The molecule has 0 unspecified atom stereocenters. The Morgan fingerprint density at radius 1 is 0.805 bits per heavy atom. The molecule has 2 aliphatic rings. The van der Waals surface area contributed by atoms with Gasteiger partial charge in [-0.15, -0.1) is 0 Å². The highest BCUT2D eigenvalue weighted by atomic mass is 19.4. The number of alkyl halides is 6. The summed E-state index contributed by atoms with van der Waals surface area (Å²) in [5.41, 5.74) is -3.03. The first kappa shape index (κ1) is 30.4. The van der Waals surface area contributed by atoms with Gasteiger partial charge in [-0.05, 0) is 43.0 Å². The van der Waals surface area contributed by atoms with Crippen molar-refractivity contribution in [1.82, 2.24) is 14.7 Å². The molecule has 41 heavy (non-hydrogen) atoms. The molecule has 2 aromatic rings. The van der Waals surface area contributed by atoms with Gasteiger partial charge in [0.2, 0.25) is 11.8 Å². The Morgan fingerprint density at radius 2 is 1.34 bits per heavy atom. The van der Waals surface area contributed by atoms with Crippen LogP contribution in [-0.4, -0.2) is 71.7 Å². The first-order chi connectivity index (χ1) is 19.2. The summed E-state index contributed by atoms with van der Waals surface area (Å²) in [6, 6.07) is 9.30. The predicted octanol–water partition coefficient (Wildman–Crippen LogP) is 5.44. The van der Waals surface area contributed by atoms with Gasteiger partial charge in [0, 0.05) is 63.6 Å². The van der Waals surface area contributed by atoms with Crippen molar-refractivity contribution in [3.05, 3.63) is 70.8 Å². The number of rotatable bonds is 4. The summed E-state index contributed by atoms with van der Waals surface area (Å²) in [6.45, 7) is 2.96. The maximum atomic E-state index is 13.4. The van der Waals surface area contributed by atoms with E-state index in [1.165, 1.54) is 18.9 Å². The molecule has 3 amide bonds. The van der Waals surface area contributed by atoms with Gasteiger partial charge < -0.3 is 14.7 Å². The van der Waals surface area contributed by atoms with Crippen molar-refractivity contribution in [3.8, 4) is 0 Å². The summed E-state index contributed by atoms with van der Waals surface area (Å²) in [6.07, 6.45) is -8.81. The van der Waals surface area contributed by atoms with Crippen LogP contribution >= 0.6 is 0 Å². The lowest BCUT2D eigenvalue weighted by molar-refractivity contribution is -0.143. The van der Waals surface area contributed by atoms with Crippen molar-refractivity contribution in [2.45, 2.75) is 50.5 Å². The monoisotopic (exact) mass is 583 g/mol. The number of piperidine rings is 2. The standard InChI is InChI=1S/C29H31F6N3O3/c1-18(39)37-11-8-20(9-12-37)27(41)38-13-10-25(24(17-38)19-6-4-3-5-7-19)36(2)26(40)21-14-22(28(30,31)32)16-23(15-21)29(33,34)35/h3-7,14-16,20,24-25H,8-13,17H2,1-2H3/t24-,25+/m0/s1. The van der Waals surface area contributed by atoms with Crippen LogP contribution in [-0.2, 0) is 21.9 Å². The Balaban J connectivity index is 1.59. The van der Waals surface area contributed by atoms with E-state index in [1.807, 2.05) is 12.1 Å². The molecule has 0 N–H and O–H groups in total. The van der Waals surface area contributed by atoms with Crippen LogP contribution < -0.4 is 0 Å². The van der Waals surface area contributed by atoms with Gasteiger partial charge in [-0.2, -0.15) is 26.3 Å². The molecule has 12 heteroatoms. The van der Waals surface area contributed by atoms with E-state index in [-0.39, 0.29) is 43.3 Å². The molecule has 2 saturated heterocycles. The smallest absolute Gasteiger partial charge is 0.343 e. The van der Waals surface area contributed by atoms with Crippen molar-refractivity contribution in [3.63, 3.8) is 0 Å². The van der Waals surface area contributed by atoms with Crippen molar-refractivity contribution in [1.29, 1.82) is 0 Å². The topological polar surface area (TPSA) is 60.9 Å². The maximum Gasteiger partial charge on any atom is 0.416 e. The van der Waals surface area contributed by atoms with E-state index in [4.69, 9.17) is 0 Å². The van der Waals surface area contributed by atoms with Gasteiger partial charge in [0.05, 0.1) is 11.1 Å². The number of likely N-dealkylation sites (tertiary alicyclic amines) is 2. The number of nitrogens with zero attached hydrogens (tertiary/aromatic N) is 3. The van der Waals surface area contributed by atoms with Crippen molar-refractivity contribution < 1.29 is 40.7 Å². The zero-order valence-electron chi connectivity index (χ0n) is 22.6. The summed E-state index contributed by atoms with van der Waals surface area (Å²) in [4.78, 5) is 43.1. The van der Waals surface area contributed by atoms with E-state index in [9.17, 15) is 40.7 Å². The third kappa shape index (κ3) is 6.84. The molecule has 0 saturated carbocycles. The summed E-state index contributed by atoms with van der Waals surface area (Å²) in [5.74, 6) is -1.76. The van der Waals surface area contributed by atoms with Crippen LogP contribution in [0.15, 0.2) is 48.5 Å². The van der Waals surface area contributed by atoms with Crippen LogP contribution in [0.3, 0.4) is 0 Å². The molecule has 0 aromatic heterocycles. The quantitative estimate of drug-likeness (QED) is 0.451. The first-order valence-electron chi connectivity index (χ1n) is 13.3. The fourth-order valence-electron chi connectivity index (χ4n) is 5.76. The van der Waals surface area contributed by atoms with Gasteiger partial charge in [0.15, 0.2) is 0 Å². The molecule has 2 atom stereocenters. The Bertz CT molecular complexity index is 1240. The third-order valence-corrected chi connectivity index (χ3v) is 8.06. The minimum absolute atomic E-state index is 0.00541. The van der Waals surface area contributed by atoms with Gasteiger partial charge >= 0.3 is 12.4 Å². The molecular formula is C29H31F6N3O3. The Labute approximate surface area is 233 Å². The largest absolute Gasteiger partial charge is 0.416 e. The van der Waals surface area contributed by atoms with E-state index in [0.717, 1.165) is 5.56 Å². The zero-order chi connectivity index (χ0) is 30.1. The van der Waals surface area contributed by atoms with Gasteiger partial charge in [0.25, 0.3) is 5.91 Å². The van der Waals surface area contributed by atoms with E-state index < -0.39 is 46.9 Å². The third-order valence-electron chi connectivity index (χ3n) is 8.06. The molecule has 222 valence electrons. The fourth-order valence-corrected chi connectivity index (χ4v) is 5.76. The van der Waals surface area contributed by atoms with Crippen LogP contribution in [0.25, 0.3) is 0 Å². The first-order valence-corrected chi connectivity index (χ1v) is 13.3. The number of hydrogen-bond donors (Lipinski definition) is 0. The lowest BCUT2D eigenvalue weighted by Crippen LogP contribution is -2.53. The second-order valence-electron chi connectivity index (χ2n) is 10.6. The number of benzene rings is 2. The zero-order valence-corrected chi connectivity index (χ0v) is 22.6. The van der Waals surface area contributed by atoms with E-state index in [0.29, 0.717) is 38.1 Å². The number of carbonyl (C=O) groups excluding carboxylic acids is 3. The van der Waals surface area contributed by atoms with Gasteiger partial charge in [-0.1, -0.05) is 30.3 Å². The minimum atomic E-state index is -5.08. The second-order valence-corrected chi connectivity index (χ2v) is 10.6. The molecule has 6 nitrogen and oxygen atoms in total. The van der Waals surface area contributed by atoms with Crippen molar-refractivity contribution >= 4 is 17.7 Å². The molecule has 0 spiro atoms. The van der Waals surface area contributed by atoms with E-state index in [2.05, 4.69) is 0 Å². The van der Waals surface area contributed by atoms with Gasteiger partial charge in [-0.3, -0.25) is 14.4 Å². The highest BCUT2D eigenvalue weighted by Gasteiger charge is 2.41. The van der Waals surface area contributed by atoms with E-state index >= 15 is 0 Å². The molecule has 0 bridgehead atoms. The summed E-state index contributed by atoms with van der Waals surface area (Å²) >= 11 is 0. The lowest BCUT2D eigenvalue weighted by atomic mass is 9.83. The summed E-state index contributed by atoms with van der Waals surface area (Å²) in [7, 11) is 1.37. The number of carbonyl (C=O) groups is 3. The van der Waals surface area contributed by atoms with Crippen molar-refractivity contribution in [2.75, 3.05) is 33.2 Å². The Kier molecular flexibility index (Phi) is 8.70. The summed E-state index contributed by atoms with van der Waals surface area (Å²) < 4.78 is 80.5. The molecule has 2 fully saturated rings. The van der Waals surface area contributed by atoms with E-state index in [1.54, 1.807) is 28.0 Å². The highest BCUT2D eigenvalue weighted by Crippen LogP contribution is 2.38. The second kappa shape index (κ2) is 11.7. The maximum absolute atomic E-state index is 13.4. The summed E-state index contributed by atoms with van der Waals surface area (Å²) in [5, 5.41) is 0. The van der Waals surface area contributed by atoms with Gasteiger partial charge in [-0.25, -0.2) is 0 Å². The predicted molar refractivity (Wildman–Crippen MR) is 138 cm³/mol. The van der Waals surface area contributed by atoms with Crippen LogP contribution in [0.2, 0.25) is 0 Å². The number of amides is 3. The Hall–Kier alpha value is -3.57. The molecule has 0 aliphatic carbocycles. The average molecular weight is 584 g/mol. The SMILES string of the molecule is CC(=O)N1CCC(C(=O)N2CC[C@@H](N(C)C(=O)c3cc(C(F)(F)F)cc(C(F)(F)F)c3)[C@H](c3ccccc3)C2)CC1. The molecule has 2 heterocycles. The average Bonchev–Trinajstić information content (AvgIpc) is 2.95. The number of halogens is 6. The molecule has 2 aliphatic heterocycles. The van der Waals surface area contributed by atoms with Crippen LogP contribution in [0.5, 0.6) is 0 Å². The van der Waals surface area contributed by atoms with Crippen LogP contribution in [0.4, 0.5) is 26.3 Å². The fraction of sp³-hybridized carbons (Fsp3) is 0.483. The molecule has 2 aromatic carbocycles. The van der Waals surface area contributed by atoms with Crippen LogP contribution in [0.1, 0.15) is 59.2 Å². The molecule has 0 radical (unpaired) electrons. The lowest BCUT2D eigenvalue weighted by Gasteiger charge is -2.44. The highest BCUT2D eigenvalue weighted by molar-refractivity contribution is 5.95. The Morgan fingerprint density at radius 3 is 1.85 bits per heavy atom. The molecule has 4 rings (SSSR count). The minimum Gasteiger partial charge on any atom is -0.343 e. The molecular weight excluding hydrogens is 552 g/mol. The number of likely N-dealkylation sites (N-methyl/N-ethyl adjacent to an activating group) is 1.